The molecule has 0 fully saturated rings. The van der Waals surface area contributed by atoms with E-state index in [0.717, 1.165) is 34.8 Å². The van der Waals surface area contributed by atoms with E-state index in [1.54, 1.807) is 30.3 Å². The quantitative estimate of drug-likeness (QED) is 0.385. The fourth-order valence-electron chi connectivity index (χ4n) is 2.99. The van der Waals surface area contributed by atoms with Crippen LogP contribution in [-0.2, 0) is 21.8 Å². The molecule has 0 radical (unpaired) electrons. The Hall–Kier alpha value is -2.99. The summed E-state index contributed by atoms with van der Waals surface area (Å²) in [7, 11) is 2.34. The SMILES string of the molecule is COC(=O)c1sc(N)c(C(=O)OC)c1CSc1ncc(-c2ccccc2)n1CC(F)(F)F. The number of alkyl halides is 3. The van der Waals surface area contributed by atoms with Crippen molar-refractivity contribution in [3.63, 3.8) is 0 Å². The lowest BCUT2D eigenvalue weighted by molar-refractivity contribution is -0.141. The standard InChI is InChI=1S/C20H18F3N3O4S2/c1-29-17(27)14-12(15(18(28)30-2)32-16(14)24)9-31-19-25-8-13(11-6-4-3-5-7-11)26(19)10-20(21,22)23/h3-8H,9-10,24H2,1-2H3. The molecule has 0 spiro atoms. The number of benzene rings is 1. The summed E-state index contributed by atoms with van der Waals surface area (Å²) in [5, 5.41) is 0.119. The number of hydrogen-bond acceptors (Lipinski definition) is 8. The molecular weight excluding hydrogens is 467 g/mol. The molecule has 0 atom stereocenters. The lowest BCUT2D eigenvalue weighted by Crippen LogP contribution is -2.19. The number of ether oxygens (including phenoxy) is 2. The van der Waals surface area contributed by atoms with Crippen molar-refractivity contribution in [3.8, 4) is 11.3 Å². The minimum atomic E-state index is -4.49. The maximum atomic E-state index is 13.3. The van der Waals surface area contributed by atoms with E-state index in [2.05, 4.69) is 4.98 Å². The van der Waals surface area contributed by atoms with Gasteiger partial charge >= 0.3 is 18.1 Å². The smallest absolute Gasteiger partial charge is 0.406 e. The molecule has 32 heavy (non-hydrogen) atoms. The van der Waals surface area contributed by atoms with Gasteiger partial charge in [-0.05, 0) is 5.56 Å². The van der Waals surface area contributed by atoms with E-state index in [1.165, 1.54) is 13.3 Å². The molecule has 2 N–H and O–H groups in total. The second kappa shape index (κ2) is 9.65. The van der Waals surface area contributed by atoms with E-state index in [9.17, 15) is 22.8 Å². The van der Waals surface area contributed by atoms with Gasteiger partial charge in [0.1, 0.15) is 16.4 Å². The highest BCUT2D eigenvalue weighted by Crippen LogP contribution is 2.37. The van der Waals surface area contributed by atoms with Crippen LogP contribution in [0.4, 0.5) is 18.2 Å². The van der Waals surface area contributed by atoms with Crippen LogP contribution in [0.15, 0.2) is 41.7 Å². The van der Waals surface area contributed by atoms with Gasteiger partial charge in [-0.2, -0.15) is 13.2 Å². The first kappa shape index (κ1) is 23.7. The summed E-state index contributed by atoms with van der Waals surface area (Å²) < 4.78 is 50.4. The Labute approximate surface area is 189 Å². The predicted molar refractivity (Wildman–Crippen MR) is 115 cm³/mol. The Morgan fingerprint density at radius 3 is 2.41 bits per heavy atom. The van der Waals surface area contributed by atoms with E-state index in [4.69, 9.17) is 15.2 Å². The molecule has 3 rings (SSSR count). The van der Waals surface area contributed by atoms with E-state index < -0.39 is 24.7 Å². The summed E-state index contributed by atoms with van der Waals surface area (Å²) in [6.07, 6.45) is -3.13. The first-order valence-corrected chi connectivity index (χ1v) is 10.8. The number of thiophene rings is 1. The summed E-state index contributed by atoms with van der Waals surface area (Å²) in [6.45, 7) is -1.25. The lowest BCUT2D eigenvalue weighted by atomic mass is 10.1. The number of thioether (sulfide) groups is 1. The Morgan fingerprint density at radius 2 is 1.81 bits per heavy atom. The number of esters is 2. The van der Waals surface area contributed by atoms with E-state index >= 15 is 0 Å². The average molecular weight is 486 g/mol. The van der Waals surface area contributed by atoms with Gasteiger partial charge in [0.2, 0.25) is 0 Å². The number of rotatable bonds is 7. The highest BCUT2D eigenvalue weighted by atomic mass is 32.2. The van der Waals surface area contributed by atoms with Crippen LogP contribution in [-0.4, -0.2) is 41.9 Å². The van der Waals surface area contributed by atoms with Crippen molar-refractivity contribution in [2.75, 3.05) is 20.0 Å². The third kappa shape index (κ3) is 5.07. The van der Waals surface area contributed by atoms with Crippen molar-refractivity contribution >= 4 is 40.0 Å². The van der Waals surface area contributed by atoms with Gasteiger partial charge in [0.05, 0.1) is 31.7 Å². The van der Waals surface area contributed by atoms with Crippen molar-refractivity contribution < 1.29 is 32.2 Å². The van der Waals surface area contributed by atoms with Gasteiger partial charge in [-0.1, -0.05) is 42.1 Å². The number of nitrogens with two attached hydrogens (primary N) is 1. The number of anilines is 1. The molecule has 0 bridgehead atoms. The molecule has 12 heteroatoms. The number of nitrogens with zero attached hydrogens (tertiary/aromatic N) is 2. The van der Waals surface area contributed by atoms with Gasteiger partial charge in [-0.25, -0.2) is 14.6 Å². The molecule has 170 valence electrons. The molecule has 0 saturated heterocycles. The highest BCUT2D eigenvalue weighted by Gasteiger charge is 2.32. The van der Waals surface area contributed by atoms with Crippen LogP contribution in [0.2, 0.25) is 0 Å². The van der Waals surface area contributed by atoms with Gasteiger partial charge in [0.15, 0.2) is 5.16 Å². The Bertz CT molecular complexity index is 1130. The van der Waals surface area contributed by atoms with Crippen LogP contribution >= 0.6 is 23.1 Å². The molecule has 0 aliphatic heterocycles. The third-order valence-electron chi connectivity index (χ3n) is 4.37. The van der Waals surface area contributed by atoms with Gasteiger partial charge < -0.3 is 19.8 Å². The van der Waals surface area contributed by atoms with Crippen molar-refractivity contribution in [3.05, 3.63) is 52.5 Å². The molecule has 1 aromatic carbocycles. The fourth-order valence-corrected chi connectivity index (χ4v) is 5.08. The Balaban J connectivity index is 2.01. The summed E-state index contributed by atoms with van der Waals surface area (Å²) in [4.78, 5) is 28.6. The summed E-state index contributed by atoms with van der Waals surface area (Å²) in [5.41, 5.74) is 6.97. The number of carbonyl (C=O) groups is 2. The summed E-state index contributed by atoms with van der Waals surface area (Å²) in [5.74, 6) is -1.52. The van der Waals surface area contributed by atoms with Crippen molar-refractivity contribution in [2.45, 2.75) is 23.6 Å². The largest absolute Gasteiger partial charge is 0.465 e. The molecule has 7 nitrogen and oxygen atoms in total. The van der Waals surface area contributed by atoms with Crippen LogP contribution in [0.3, 0.4) is 0 Å². The van der Waals surface area contributed by atoms with Crippen LogP contribution in [0, 0.1) is 0 Å². The maximum Gasteiger partial charge on any atom is 0.406 e. The number of hydrogen-bond donors (Lipinski definition) is 1. The summed E-state index contributed by atoms with van der Waals surface area (Å²) >= 11 is 1.79. The molecular formula is C20H18F3N3O4S2. The second-order valence-corrected chi connectivity index (χ2v) is 8.41. The third-order valence-corrected chi connectivity index (χ3v) is 6.42. The van der Waals surface area contributed by atoms with Crippen molar-refractivity contribution in [1.29, 1.82) is 0 Å². The zero-order valence-electron chi connectivity index (χ0n) is 16.9. The zero-order valence-corrected chi connectivity index (χ0v) is 18.6. The topological polar surface area (TPSA) is 96.4 Å². The van der Waals surface area contributed by atoms with Crippen LogP contribution in [0.25, 0.3) is 11.3 Å². The molecule has 0 aliphatic carbocycles. The number of halogens is 3. The Morgan fingerprint density at radius 1 is 1.16 bits per heavy atom. The van der Waals surface area contributed by atoms with E-state index in [1.807, 2.05) is 0 Å². The highest BCUT2D eigenvalue weighted by molar-refractivity contribution is 7.98. The molecule has 0 unspecified atom stereocenters. The minimum Gasteiger partial charge on any atom is -0.465 e. The van der Waals surface area contributed by atoms with E-state index in [0.29, 0.717) is 5.56 Å². The monoisotopic (exact) mass is 485 g/mol. The zero-order chi connectivity index (χ0) is 23.5. The molecule has 2 heterocycles. The lowest BCUT2D eigenvalue weighted by Gasteiger charge is -2.14. The predicted octanol–water partition coefficient (Wildman–Crippen LogP) is 4.62. The molecule has 0 amide bonds. The Kier molecular flexibility index (Phi) is 7.14. The molecule has 0 saturated carbocycles. The van der Waals surface area contributed by atoms with Gasteiger partial charge in [-0.15, -0.1) is 11.3 Å². The molecule has 3 aromatic rings. The van der Waals surface area contributed by atoms with Crippen molar-refractivity contribution in [1.82, 2.24) is 9.55 Å². The van der Waals surface area contributed by atoms with Gasteiger partial charge in [-0.3, -0.25) is 0 Å². The molecule has 2 aromatic heterocycles. The van der Waals surface area contributed by atoms with Crippen LogP contribution < -0.4 is 5.73 Å². The normalized spacial score (nSPS) is 11.4. The first-order chi connectivity index (χ1) is 15.2. The molecule has 0 aliphatic rings. The van der Waals surface area contributed by atoms with Gasteiger partial charge in [0.25, 0.3) is 0 Å². The van der Waals surface area contributed by atoms with Crippen LogP contribution in [0.5, 0.6) is 0 Å². The second-order valence-electron chi connectivity index (χ2n) is 6.41. The number of nitrogen functional groups attached to an aromatic ring is 1. The number of imidazole rings is 1. The van der Waals surface area contributed by atoms with Gasteiger partial charge in [0, 0.05) is 11.3 Å². The average Bonchev–Trinajstić information content (AvgIpc) is 3.30. The summed E-state index contributed by atoms with van der Waals surface area (Å²) in [6, 6.07) is 8.55. The minimum absolute atomic E-state index is 0.0115. The number of aromatic nitrogens is 2. The first-order valence-electron chi connectivity index (χ1n) is 9.04. The number of carbonyl (C=O) groups excluding carboxylic acids is 2. The van der Waals surface area contributed by atoms with E-state index in [-0.39, 0.29) is 37.6 Å². The number of methoxy groups -OCH3 is 2. The van der Waals surface area contributed by atoms with Crippen LogP contribution in [0.1, 0.15) is 25.6 Å². The maximum absolute atomic E-state index is 13.3. The van der Waals surface area contributed by atoms with Crippen molar-refractivity contribution in [2.24, 2.45) is 0 Å². The fraction of sp³-hybridized carbons (Fsp3) is 0.250.